The molecule has 0 saturated carbocycles. The Bertz CT molecular complexity index is 831. The van der Waals surface area contributed by atoms with Crippen molar-refractivity contribution in [3.8, 4) is 0 Å². The molecule has 1 aliphatic heterocycles. The standard InChI is InChI=1S/C17H22N8/c1-2-5-13-10-16(25-17(22-13)19-12-21-25)18-11-14-6-4-9-24(14)15-7-3-8-20-23-15/h3,7-8,10,12,14,18H,2,4-6,9,11H2,1H3. The summed E-state index contributed by atoms with van der Waals surface area (Å²) in [5, 5.41) is 16.1. The monoisotopic (exact) mass is 338 g/mol. The van der Waals surface area contributed by atoms with Crippen LogP contribution in [0.4, 0.5) is 11.6 Å². The molecule has 0 aliphatic carbocycles. The second-order valence-corrected chi connectivity index (χ2v) is 6.31. The van der Waals surface area contributed by atoms with E-state index in [1.807, 2.05) is 12.1 Å². The zero-order chi connectivity index (χ0) is 17.1. The lowest BCUT2D eigenvalue weighted by atomic mass is 10.2. The van der Waals surface area contributed by atoms with Crippen LogP contribution in [-0.4, -0.2) is 48.9 Å². The molecule has 4 rings (SSSR count). The molecule has 0 amide bonds. The molecule has 8 nitrogen and oxygen atoms in total. The van der Waals surface area contributed by atoms with E-state index >= 15 is 0 Å². The number of nitrogens with one attached hydrogen (secondary N) is 1. The highest BCUT2D eigenvalue weighted by Gasteiger charge is 2.25. The maximum absolute atomic E-state index is 4.55. The maximum atomic E-state index is 4.55. The first-order chi connectivity index (χ1) is 12.3. The molecule has 8 heteroatoms. The van der Waals surface area contributed by atoms with Gasteiger partial charge in [-0.2, -0.15) is 19.7 Å². The number of nitrogens with zero attached hydrogens (tertiary/aromatic N) is 7. The Morgan fingerprint density at radius 2 is 2.32 bits per heavy atom. The third kappa shape index (κ3) is 3.24. The Morgan fingerprint density at radius 1 is 1.36 bits per heavy atom. The molecule has 0 bridgehead atoms. The van der Waals surface area contributed by atoms with Gasteiger partial charge in [0.15, 0.2) is 5.82 Å². The van der Waals surface area contributed by atoms with Gasteiger partial charge in [-0.25, -0.2) is 4.98 Å². The molecule has 3 aromatic heterocycles. The summed E-state index contributed by atoms with van der Waals surface area (Å²) in [7, 11) is 0. The van der Waals surface area contributed by atoms with Crippen molar-refractivity contribution in [3.63, 3.8) is 0 Å². The quantitative estimate of drug-likeness (QED) is 0.735. The normalized spacial score (nSPS) is 17.3. The molecular formula is C17H22N8. The van der Waals surface area contributed by atoms with Crippen LogP contribution in [0.3, 0.4) is 0 Å². The van der Waals surface area contributed by atoms with E-state index in [0.717, 1.165) is 49.7 Å². The summed E-state index contributed by atoms with van der Waals surface area (Å²) in [5.41, 5.74) is 1.04. The summed E-state index contributed by atoms with van der Waals surface area (Å²) >= 11 is 0. The van der Waals surface area contributed by atoms with Gasteiger partial charge in [0.1, 0.15) is 12.1 Å². The van der Waals surface area contributed by atoms with E-state index in [1.165, 1.54) is 6.42 Å². The van der Waals surface area contributed by atoms with Crippen LogP contribution in [0.5, 0.6) is 0 Å². The number of aromatic nitrogens is 6. The summed E-state index contributed by atoms with van der Waals surface area (Å²) in [4.78, 5) is 11.1. The topological polar surface area (TPSA) is 84.1 Å². The Kier molecular flexibility index (Phi) is 4.41. The van der Waals surface area contributed by atoms with Crippen LogP contribution in [0, 0.1) is 0 Å². The van der Waals surface area contributed by atoms with Gasteiger partial charge in [0, 0.05) is 37.1 Å². The van der Waals surface area contributed by atoms with Crippen LogP contribution in [0.1, 0.15) is 31.9 Å². The number of fused-ring (bicyclic) bond motifs is 1. The minimum absolute atomic E-state index is 0.387. The summed E-state index contributed by atoms with van der Waals surface area (Å²) < 4.78 is 1.76. The van der Waals surface area contributed by atoms with Crippen molar-refractivity contribution in [1.82, 2.24) is 29.8 Å². The summed E-state index contributed by atoms with van der Waals surface area (Å²) in [5.74, 6) is 2.53. The van der Waals surface area contributed by atoms with Gasteiger partial charge in [0.05, 0.1) is 0 Å². The van der Waals surface area contributed by atoms with Crippen LogP contribution < -0.4 is 10.2 Å². The van der Waals surface area contributed by atoms with Crippen LogP contribution >= 0.6 is 0 Å². The molecule has 1 saturated heterocycles. The molecule has 1 aliphatic rings. The van der Waals surface area contributed by atoms with Gasteiger partial charge in [-0.3, -0.25) is 0 Å². The van der Waals surface area contributed by atoms with Crippen LogP contribution in [0.15, 0.2) is 30.7 Å². The second-order valence-electron chi connectivity index (χ2n) is 6.31. The van der Waals surface area contributed by atoms with Crippen molar-refractivity contribution in [2.24, 2.45) is 0 Å². The third-order valence-corrected chi connectivity index (χ3v) is 4.56. The number of hydrogen-bond donors (Lipinski definition) is 1. The van der Waals surface area contributed by atoms with E-state index in [2.05, 4.69) is 48.5 Å². The van der Waals surface area contributed by atoms with E-state index in [4.69, 9.17) is 0 Å². The molecule has 1 N–H and O–H groups in total. The third-order valence-electron chi connectivity index (χ3n) is 4.56. The average Bonchev–Trinajstić information content (AvgIpc) is 3.30. The first kappa shape index (κ1) is 15.7. The number of aryl methyl sites for hydroxylation is 1. The van der Waals surface area contributed by atoms with Crippen molar-refractivity contribution in [3.05, 3.63) is 36.4 Å². The molecule has 4 heterocycles. The van der Waals surface area contributed by atoms with Gasteiger partial charge in [-0.05, 0) is 31.4 Å². The van der Waals surface area contributed by atoms with E-state index in [0.29, 0.717) is 11.8 Å². The summed E-state index contributed by atoms with van der Waals surface area (Å²) in [6, 6.07) is 6.42. The zero-order valence-electron chi connectivity index (χ0n) is 14.3. The minimum atomic E-state index is 0.387. The highest BCUT2D eigenvalue weighted by molar-refractivity contribution is 5.46. The fourth-order valence-electron chi connectivity index (χ4n) is 3.39. The number of rotatable bonds is 6. The van der Waals surface area contributed by atoms with Crippen LogP contribution in [-0.2, 0) is 6.42 Å². The minimum Gasteiger partial charge on any atom is -0.368 e. The zero-order valence-corrected chi connectivity index (χ0v) is 14.3. The lowest BCUT2D eigenvalue weighted by Crippen LogP contribution is -2.35. The predicted octanol–water partition coefficient (Wildman–Crippen LogP) is 1.95. The lowest BCUT2D eigenvalue weighted by Gasteiger charge is -2.25. The Morgan fingerprint density at radius 3 is 3.16 bits per heavy atom. The molecule has 1 unspecified atom stereocenters. The summed E-state index contributed by atoms with van der Waals surface area (Å²) in [6.07, 6.45) is 7.55. The van der Waals surface area contributed by atoms with Gasteiger partial charge in [0.2, 0.25) is 0 Å². The molecular weight excluding hydrogens is 316 g/mol. The fraction of sp³-hybridized carbons (Fsp3) is 0.471. The number of hydrogen-bond acceptors (Lipinski definition) is 7. The van der Waals surface area contributed by atoms with E-state index in [1.54, 1.807) is 17.0 Å². The first-order valence-corrected chi connectivity index (χ1v) is 8.83. The van der Waals surface area contributed by atoms with Crippen molar-refractivity contribution >= 4 is 17.4 Å². The second kappa shape index (κ2) is 7.00. The first-order valence-electron chi connectivity index (χ1n) is 8.83. The average molecular weight is 338 g/mol. The van der Waals surface area contributed by atoms with Gasteiger partial charge >= 0.3 is 0 Å². The van der Waals surface area contributed by atoms with Gasteiger partial charge < -0.3 is 10.2 Å². The molecule has 0 radical (unpaired) electrons. The van der Waals surface area contributed by atoms with E-state index in [-0.39, 0.29) is 0 Å². The van der Waals surface area contributed by atoms with Gasteiger partial charge in [-0.15, -0.1) is 5.10 Å². The molecule has 25 heavy (non-hydrogen) atoms. The molecule has 1 fully saturated rings. The van der Waals surface area contributed by atoms with Crippen molar-refractivity contribution in [2.75, 3.05) is 23.3 Å². The highest BCUT2D eigenvalue weighted by atomic mass is 15.4. The molecule has 130 valence electrons. The Balaban J connectivity index is 1.52. The van der Waals surface area contributed by atoms with Crippen molar-refractivity contribution in [1.29, 1.82) is 0 Å². The van der Waals surface area contributed by atoms with Gasteiger partial charge in [0.25, 0.3) is 5.78 Å². The number of anilines is 2. The Labute approximate surface area is 146 Å². The van der Waals surface area contributed by atoms with Crippen molar-refractivity contribution < 1.29 is 0 Å². The molecule has 3 aromatic rings. The summed E-state index contributed by atoms with van der Waals surface area (Å²) in [6.45, 7) is 3.99. The molecule has 0 aromatic carbocycles. The molecule has 0 spiro atoms. The maximum Gasteiger partial charge on any atom is 0.254 e. The lowest BCUT2D eigenvalue weighted by molar-refractivity contribution is 0.682. The van der Waals surface area contributed by atoms with Crippen LogP contribution in [0.2, 0.25) is 0 Å². The van der Waals surface area contributed by atoms with E-state index in [9.17, 15) is 0 Å². The molecule has 1 atom stereocenters. The van der Waals surface area contributed by atoms with Crippen molar-refractivity contribution in [2.45, 2.75) is 38.6 Å². The highest BCUT2D eigenvalue weighted by Crippen LogP contribution is 2.23. The smallest absolute Gasteiger partial charge is 0.254 e. The largest absolute Gasteiger partial charge is 0.368 e. The van der Waals surface area contributed by atoms with Gasteiger partial charge in [-0.1, -0.05) is 13.3 Å². The fourth-order valence-corrected chi connectivity index (χ4v) is 3.39. The van der Waals surface area contributed by atoms with Crippen LogP contribution in [0.25, 0.3) is 5.78 Å². The van der Waals surface area contributed by atoms with E-state index < -0.39 is 0 Å². The Hall–Kier alpha value is -2.77. The SMILES string of the molecule is CCCc1cc(NCC2CCCN2c2cccnn2)n2ncnc2n1. The predicted molar refractivity (Wildman–Crippen MR) is 95.7 cm³/mol.